The number of halogens is 1. The van der Waals surface area contributed by atoms with Crippen molar-refractivity contribution in [2.75, 3.05) is 5.32 Å². The fourth-order valence-electron chi connectivity index (χ4n) is 2.50. The Balaban J connectivity index is 1.85. The number of nitrogens with zero attached hydrogens (tertiary/aromatic N) is 1. The Morgan fingerprint density at radius 3 is 3.05 bits per heavy atom. The van der Waals surface area contributed by atoms with Crippen molar-refractivity contribution in [3.63, 3.8) is 0 Å². The maximum atomic E-state index is 13.5. The summed E-state index contributed by atoms with van der Waals surface area (Å²) < 4.78 is 18.8. The van der Waals surface area contributed by atoms with Crippen molar-refractivity contribution in [1.82, 2.24) is 5.16 Å². The summed E-state index contributed by atoms with van der Waals surface area (Å²) in [7, 11) is 0. The molecule has 1 N–H and O–H groups in total. The number of hydrogen-bond acceptors (Lipinski definition) is 3. The Morgan fingerprint density at radius 2 is 2.25 bits per heavy atom. The van der Waals surface area contributed by atoms with E-state index in [1.165, 1.54) is 12.1 Å². The van der Waals surface area contributed by atoms with Crippen LogP contribution in [0.1, 0.15) is 35.2 Å². The molecular weight excluding hydrogens is 259 g/mol. The van der Waals surface area contributed by atoms with Gasteiger partial charge in [-0.1, -0.05) is 24.2 Å². The molecule has 0 bridgehead atoms. The fourth-order valence-corrected chi connectivity index (χ4v) is 2.50. The number of rotatable bonds is 2. The van der Waals surface area contributed by atoms with Crippen molar-refractivity contribution >= 4 is 11.6 Å². The first kappa shape index (κ1) is 12.8. The molecule has 0 saturated heterocycles. The minimum atomic E-state index is -0.466. The maximum absolute atomic E-state index is 13.5. The predicted octanol–water partition coefficient (Wildman–Crippen LogP) is 3.19. The van der Waals surface area contributed by atoms with E-state index in [0.29, 0.717) is 5.92 Å². The summed E-state index contributed by atoms with van der Waals surface area (Å²) in [6, 6.07) is 6.06. The molecule has 0 aliphatic heterocycles. The van der Waals surface area contributed by atoms with Gasteiger partial charge < -0.3 is 9.84 Å². The zero-order chi connectivity index (χ0) is 14.1. The molecule has 2 aromatic rings. The molecule has 0 saturated carbocycles. The largest absolute Gasteiger partial charge is 0.360 e. The number of carbonyl (C=O) groups excluding carboxylic acids is 1. The van der Waals surface area contributed by atoms with E-state index < -0.39 is 11.7 Å². The molecule has 1 atom stereocenters. The fraction of sp³-hybridized carbons (Fsp3) is 0.333. The van der Waals surface area contributed by atoms with E-state index in [0.717, 1.165) is 30.6 Å². The average Bonchev–Trinajstić information content (AvgIpc) is 2.84. The summed E-state index contributed by atoms with van der Waals surface area (Å²) >= 11 is 0. The molecule has 3 rings (SSSR count). The van der Waals surface area contributed by atoms with Gasteiger partial charge in [0.05, 0.1) is 5.69 Å². The number of nitrogens with one attached hydrogen (secondary N) is 1. The van der Waals surface area contributed by atoms with Gasteiger partial charge in [-0.3, -0.25) is 4.79 Å². The standard InChI is InChI=1S/C15H15FN2O2/c1-9-6-7-13-10(8-9)14(18-20-13)15(19)17-12-5-3-2-4-11(12)16/h2-5,9H,6-8H2,1H3,(H,17,19)/t9-/m1/s1. The van der Waals surface area contributed by atoms with E-state index >= 15 is 0 Å². The lowest BCUT2D eigenvalue weighted by Gasteiger charge is -2.16. The topological polar surface area (TPSA) is 55.1 Å². The zero-order valence-corrected chi connectivity index (χ0v) is 11.1. The van der Waals surface area contributed by atoms with Gasteiger partial charge in [0.2, 0.25) is 0 Å². The summed E-state index contributed by atoms with van der Waals surface area (Å²) in [6.07, 6.45) is 2.62. The van der Waals surface area contributed by atoms with Crippen molar-refractivity contribution in [2.24, 2.45) is 5.92 Å². The Kier molecular flexibility index (Phi) is 3.26. The molecule has 1 amide bonds. The van der Waals surface area contributed by atoms with E-state index in [2.05, 4.69) is 17.4 Å². The van der Waals surface area contributed by atoms with Crippen LogP contribution < -0.4 is 5.32 Å². The number of para-hydroxylation sites is 1. The van der Waals surface area contributed by atoms with Crippen LogP contribution in [0.2, 0.25) is 0 Å². The van der Waals surface area contributed by atoms with Gasteiger partial charge in [-0.25, -0.2) is 4.39 Å². The molecule has 5 heteroatoms. The van der Waals surface area contributed by atoms with Crippen molar-refractivity contribution in [2.45, 2.75) is 26.2 Å². The second-order valence-electron chi connectivity index (χ2n) is 5.21. The van der Waals surface area contributed by atoms with Crippen LogP contribution in [0.15, 0.2) is 28.8 Å². The van der Waals surface area contributed by atoms with Crippen molar-refractivity contribution in [3.8, 4) is 0 Å². The van der Waals surface area contributed by atoms with Crippen LogP contribution in [0.25, 0.3) is 0 Å². The molecule has 0 fully saturated rings. The molecule has 0 spiro atoms. The van der Waals surface area contributed by atoms with Gasteiger partial charge in [-0.15, -0.1) is 0 Å². The van der Waals surface area contributed by atoms with Crippen LogP contribution >= 0.6 is 0 Å². The molecule has 1 aromatic heterocycles. The van der Waals surface area contributed by atoms with Gasteiger partial charge in [-0.2, -0.15) is 0 Å². The Hall–Kier alpha value is -2.17. The summed E-state index contributed by atoms with van der Waals surface area (Å²) in [4.78, 5) is 12.2. The summed E-state index contributed by atoms with van der Waals surface area (Å²) in [6.45, 7) is 2.13. The van der Waals surface area contributed by atoms with E-state index in [1.807, 2.05) is 0 Å². The monoisotopic (exact) mass is 274 g/mol. The number of hydrogen-bond donors (Lipinski definition) is 1. The number of amides is 1. The second-order valence-corrected chi connectivity index (χ2v) is 5.21. The summed E-state index contributed by atoms with van der Waals surface area (Å²) in [5.74, 6) is 0.393. The summed E-state index contributed by atoms with van der Waals surface area (Å²) in [5.41, 5.74) is 1.28. The number of fused-ring (bicyclic) bond motifs is 1. The third-order valence-corrected chi connectivity index (χ3v) is 3.62. The first-order chi connectivity index (χ1) is 9.65. The minimum Gasteiger partial charge on any atom is -0.360 e. The molecule has 1 aliphatic rings. The quantitative estimate of drug-likeness (QED) is 0.915. The minimum absolute atomic E-state index is 0.151. The van der Waals surface area contributed by atoms with E-state index in [-0.39, 0.29) is 11.4 Å². The smallest absolute Gasteiger partial charge is 0.278 e. The van der Waals surface area contributed by atoms with Gasteiger partial charge in [0.1, 0.15) is 11.6 Å². The van der Waals surface area contributed by atoms with Crippen LogP contribution in [-0.4, -0.2) is 11.1 Å². The molecular formula is C15H15FN2O2. The van der Waals surface area contributed by atoms with Gasteiger partial charge in [0, 0.05) is 12.0 Å². The molecule has 1 heterocycles. The number of anilines is 1. The van der Waals surface area contributed by atoms with Crippen LogP contribution in [0.4, 0.5) is 10.1 Å². The van der Waals surface area contributed by atoms with Crippen LogP contribution in [0.5, 0.6) is 0 Å². The number of benzene rings is 1. The molecule has 20 heavy (non-hydrogen) atoms. The van der Waals surface area contributed by atoms with Gasteiger partial charge in [-0.05, 0) is 30.9 Å². The Labute approximate surface area is 116 Å². The van der Waals surface area contributed by atoms with Crippen LogP contribution in [0, 0.1) is 11.7 Å². The van der Waals surface area contributed by atoms with E-state index in [1.54, 1.807) is 12.1 Å². The highest BCUT2D eigenvalue weighted by Crippen LogP contribution is 2.28. The van der Waals surface area contributed by atoms with Crippen molar-refractivity contribution < 1.29 is 13.7 Å². The van der Waals surface area contributed by atoms with Crippen LogP contribution in [0.3, 0.4) is 0 Å². The lowest BCUT2D eigenvalue weighted by molar-refractivity contribution is 0.101. The maximum Gasteiger partial charge on any atom is 0.278 e. The molecule has 1 aliphatic carbocycles. The summed E-state index contributed by atoms with van der Waals surface area (Å²) in [5, 5.41) is 6.39. The molecule has 4 nitrogen and oxygen atoms in total. The third kappa shape index (κ3) is 2.31. The highest BCUT2D eigenvalue weighted by atomic mass is 19.1. The lowest BCUT2D eigenvalue weighted by Crippen LogP contribution is -2.18. The highest BCUT2D eigenvalue weighted by Gasteiger charge is 2.27. The average molecular weight is 274 g/mol. The SMILES string of the molecule is C[C@@H]1CCc2onc(C(=O)Nc3ccccc3F)c2C1. The second kappa shape index (κ2) is 5.07. The first-order valence-electron chi connectivity index (χ1n) is 6.68. The number of aryl methyl sites for hydroxylation is 1. The number of aromatic nitrogens is 1. The highest BCUT2D eigenvalue weighted by molar-refractivity contribution is 6.04. The first-order valence-corrected chi connectivity index (χ1v) is 6.68. The van der Waals surface area contributed by atoms with Gasteiger partial charge in [0.15, 0.2) is 5.69 Å². The molecule has 104 valence electrons. The zero-order valence-electron chi connectivity index (χ0n) is 11.1. The third-order valence-electron chi connectivity index (χ3n) is 3.62. The van der Waals surface area contributed by atoms with Crippen LogP contribution in [-0.2, 0) is 12.8 Å². The van der Waals surface area contributed by atoms with Crippen molar-refractivity contribution in [1.29, 1.82) is 0 Å². The Morgan fingerprint density at radius 1 is 1.45 bits per heavy atom. The van der Waals surface area contributed by atoms with Gasteiger partial charge in [0.25, 0.3) is 5.91 Å². The van der Waals surface area contributed by atoms with E-state index in [4.69, 9.17) is 4.52 Å². The van der Waals surface area contributed by atoms with Crippen molar-refractivity contribution in [3.05, 3.63) is 47.1 Å². The molecule has 0 unspecified atom stereocenters. The Bertz CT molecular complexity index is 651. The molecule has 0 radical (unpaired) electrons. The van der Waals surface area contributed by atoms with E-state index in [9.17, 15) is 9.18 Å². The lowest BCUT2D eigenvalue weighted by atomic mass is 9.88. The predicted molar refractivity (Wildman–Crippen MR) is 72.0 cm³/mol. The normalized spacial score (nSPS) is 17.6. The molecule has 1 aromatic carbocycles. The van der Waals surface area contributed by atoms with Gasteiger partial charge >= 0.3 is 0 Å². The number of carbonyl (C=O) groups is 1.